The molecule has 0 spiro atoms. The zero-order valence-electron chi connectivity index (χ0n) is 20.8. The number of rotatable bonds is 6. The molecule has 0 saturated heterocycles. The van der Waals surface area contributed by atoms with Crippen LogP contribution in [0.25, 0.3) is 0 Å². The van der Waals surface area contributed by atoms with E-state index in [2.05, 4.69) is 5.32 Å². The minimum absolute atomic E-state index is 0.0880. The van der Waals surface area contributed by atoms with E-state index in [-0.39, 0.29) is 31.0 Å². The Morgan fingerprint density at radius 1 is 0.974 bits per heavy atom. The number of ketones is 1. The number of carbonyl (C=O) groups is 3. The highest BCUT2D eigenvalue weighted by atomic mass is 19.1. The molecule has 8 heteroatoms. The molecule has 3 aromatic rings. The number of amides is 1. The van der Waals surface area contributed by atoms with E-state index in [1.165, 1.54) is 17.0 Å². The molecule has 1 amide bonds. The van der Waals surface area contributed by atoms with Gasteiger partial charge in [0, 0.05) is 24.1 Å². The van der Waals surface area contributed by atoms with Crippen LogP contribution in [-0.4, -0.2) is 29.9 Å². The fourth-order valence-electron chi connectivity index (χ4n) is 5.27. The second-order valence-electron chi connectivity index (χ2n) is 9.45. The van der Waals surface area contributed by atoms with E-state index in [1.807, 2.05) is 36.4 Å². The van der Waals surface area contributed by atoms with Crippen molar-refractivity contribution in [2.24, 2.45) is 0 Å². The molecule has 1 aliphatic heterocycles. The van der Waals surface area contributed by atoms with Crippen molar-refractivity contribution in [1.29, 1.82) is 0 Å². The lowest BCUT2D eigenvalue weighted by atomic mass is 9.78. The third kappa shape index (κ3) is 4.89. The topological polar surface area (TPSA) is 95.9 Å². The van der Waals surface area contributed by atoms with Crippen molar-refractivity contribution in [3.63, 3.8) is 0 Å². The van der Waals surface area contributed by atoms with E-state index in [9.17, 15) is 23.9 Å². The molecule has 194 valence electrons. The minimum Gasteiger partial charge on any atom is -0.497 e. The number of nitrogens with zero attached hydrogens (tertiary/aromatic N) is 1. The number of carbonyl (C=O) groups excluding carboxylic acids is 2. The van der Waals surface area contributed by atoms with Crippen molar-refractivity contribution in [3.05, 3.63) is 101 Å². The maximum atomic E-state index is 13.9. The van der Waals surface area contributed by atoms with Crippen LogP contribution in [0.4, 0.5) is 15.8 Å². The Bertz CT molecular complexity index is 1420. The highest BCUT2D eigenvalue weighted by Crippen LogP contribution is 2.47. The summed E-state index contributed by atoms with van der Waals surface area (Å²) >= 11 is 0. The number of halogens is 1. The van der Waals surface area contributed by atoms with Gasteiger partial charge in [-0.05, 0) is 59.9 Å². The van der Waals surface area contributed by atoms with Crippen LogP contribution in [0.1, 0.15) is 48.8 Å². The van der Waals surface area contributed by atoms with Gasteiger partial charge in [0.1, 0.15) is 11.6 Å². The molecule has 0 bridgehead atoms. The minimum atomic E-state index is -1.09. The lowest BCUT2D eigenvalue weighted by molar-refractivity contribution is -0.138. The summed E-state index contributed by atoms with van der Waals surface area (Å²) in [5.74, 6) is -1.45. The van der Waals surface area contributed by atoms with Gasteiger partial charge in [0.2, 0.25) is 5.91 Å². The summed E-state index contributed by atoms with van der Waals surface area (Å²) in [5, 5.41) is 12.7. The first-order chi connectivity index (χ1) is 18.4. The zero-order valence-corrected chi connectivity index (χ0v) is 20.8. The zero-order chi connectivity index (χ0) is 26.8. The van der Waals surface area contributed by atoms with Gasteiger partial charge in [-0.15, -0.1) is 0 Å². The van der Waals surface area contributed by atoms with Gasteiger partial charge in [-0.25, -0.2) is 4.39 Å². The van der Waals surface area contributed by atoms with Gasteiger partial charge in [0.05, 0.1) is 30.9 Å². The molecular weight excluding hydrogens is 487 g/mol. The van der Waals surface area contributed by atoms with Crippen LogP contribution in [0.15, 0.2) is 84.1 Å². The maximum absolute atomic E-state index is 13.9. The van der Waals surface area contributed by atoms with E-state index < -0.39 is 23.7 Å². The van der Waals surface area contributed by atoms with Crippen molar-refractivity contribution in [2.45, 2.75) is 37.6 Å². The molecule has 2 atom stereocenters. The average molecular weight is 515 g/mol. The SMILES string of the molecule is COc1ccc([C@@H]2CC(=O)C3=C(C2)Nc2ccccc2N(C(=O)CCC(=O)O)[C@H]3c2ccc(F)cc2)cc1. The number of aliphatic carboxylic acids is 1. The fraction of sp³-hybridized carbons (Fsp3) is 0.233. The lowest BCUT2D eigenvalue weighted by Gasteiger charge is -2.35. The standard InChI is InChI=1S/C30H27FN2O5/c1-38-22-12-8-18(9-13-22)20-16-24-29(26(34)17-20)30(19-6-10-21(31)11-7-19)33(27(35)14-15-28(36)37)25-5-3-2-4-23(25)32-24/h2-13,20,30,32H,14-17H2,1H3,(H,36,37)/t20-,30-/m0/s1. The summed E-state index contributed by atoms with van der Waals surface area (Å²) in [6, 6.07) is 19.7. The number of benzene rings is 3. The van der Waals surface area contributed by atoms with Gasteiger partial charge >= 0.3 is 5.97 Å². The number of carboxylic acid groups (broad SMARTS) is 1. The number of fused-ring (bicyclic) bond motifs is 1. The molecule has 5 rings (SSSR count). The van der Waals surface area contributed by atoms with Crippen molar-refractivity contribution < 1.29 is 28.6 Å². The van der Waals surface area contributed by atoms with Crippen LogP contribution in [0, 0.1) is 5.82 Å². The van der Waals surface area contributed by atoms with Crippen LogP contribution in [0.2, 0.25) is 0 Å². The highest BCUT2D eigenvalue weighted by molar-refractivity contribution is 6.06. The van der Waals surface area contributed by atoms with Gasteiger partial charge < -0.3 is 15.2 Å². The van der Waals surface area contributed by atoms with Crippen LogP contribution in [-0.2, 0) is 14.4 Å². The summed E-state index contributed by atoms with van der Waals surface area (Å²) in [4.78, 5) is 40.3. The third-order valence-corrected chi connectivity index (χ3v) is 7.08. The number of ether oxygens (including phenoxy) is 1. The number of allylic oxidation sites excluding steroid dienone is 1. The van der Waals surface area contributed by atoms with Crippen LogP contribution < -0.4 is 15.0 Å². The molecule has 2 aliphatic rings. The Hall–Kier alpha value is -4.46. The number of para-hydroxylation sites is 2. The molecule has 3 aromatic carbocycles. The molecular formula is C30H27FN2O5. The summed E-state index contributed by atoms with van der Waals surface area (Å²) in [6.45, 7) is 0. The molecule has 0 unspecified atom stereocenters. The van der Waals surface area contributed by atoms with Gasteiger partial charge in [0.25, 0.3) is 0 Å². The number of methoxy groups -OCH3 is 1. The molecule has 0 fully saturated rings. The highest BCUT2D eigenvalue weighted by Gasteiger charge is 2.41. The Labute approximate surface area is 219 Å². The quantitative estimate of drug-likeness (QED) is 0.445. The average Bonchev–Trinajstić information content (AvgIpc) is 3.07. The van der Waals surface area contributed by atoms with Gasteiger partial charge in [-0.2, -0.15) is 0 Å². The molecule has 0 saturated carbocycles. The molecule has 38 heavy (non-hydrogen) atoms. The smallest absolute Gasteiger partial charge is 0.303 e. The monoisotopic (exact) mass is 514 g/mol. The van der Waals surface area contributed by atoms with E-state index in [4.69, 9.17) is 4.74 Å². The molecule has 7 nitrogen and oxygen atoms in total. The number of hydrogen-bond acceptors (Lipinski definition) is 5. The Morgan fingerprint density at radius 2 is 1.66 bits per heavy atom. The normalized spacial score (nSPS) is 18.7. The van der Waals surface area contributed by atoms with Gasteiger partial charge in [-0.1, -0.05) is 36.4 Å². The molecule has 2 N–H and O–H groups in total. The number of nitrogens with one attached hydrogen (secondary N) is 1. The summed E-state index contributed by atoms with van der Waals surface area (Å²) < 4.78 is 19.2. The second-order valence-corrected chi connectivity index (χ2v) is 9.45. The lowest BCUT2D eigenvalue weighted by Crippen LogP contribution is -2.38. The maximum Gasteiger partial charge on any atom is 0.303 e. The molecule has 1 aliphatic carbocycles. The number of carboxylic acids is 1. The Morgan fingerprint density at radius 3 is 2.34 bits per heavy atom. The largest absolute Gasteiger partial charge is 0.497 e. The van der Waals surface area contributed by atoms with Crippen LogP contribution >= 0.6 is 0 Å². The predicted molar refractivity (Wildman–Crippen MR) is 141 cm³/mol. The van der Waals surface area contributed by atoms with Crippen LogP contribution in [0.5, 0.6) is 5.75 Å². The van der Waals surface area contributed by atoms with Crippen molar-refractivity contribution in [1.82, 2.24) is 0 Å². The fourth-order valence-corrected chi connectivity index (χ4v) is 5.27. The predicted octanol–water partition coefficient (Wildman–Crippen LogP) is 5.60. The molecule has 0 radical (unpaired) electrons. The number of hydrogen-bond donors (Lipinski definition) is 2. The first-order valence-electron chi connectivity index (χ1n) is 12.4. The molecule has 1 heterocycles. The first kappa shape index (κ1) is 25.2. The van der Waals surface area contributed by atoms with E-state index in [0.29, 0.717) is 34.6 Å². The molecule has 0 aromatic heterocycles. The van der Waals surface area contributed by atoms with Crippen molar-refractivity contribution >= 4 is 29.0 Å². The number of anilines is 2. The third-order valence-electron chi connectivity index (χ3n) is 7.08. The summed E-state index contributed by atoms with van der Waals surface area (Å²) in [5.41, 5.74) is 3.85. The van der Waals surface area contributed by atoms with Crippen molar-refractivity contribution in [3.8, 4) is 5.75 Å². The second kappa shape index (κ2) is 10.5. The van der Waals surface area contributed by atoms with Crippen LogP contribution in [0.3, 0.4) is 0 Å². The van der Waals surface area contributed by atoms with Crippen molar-refractivity contribution in [2.75, 3.05) is 17.3 Å². The summed E-state index contributed by atoms with van der Waals surface area (Å²) in [6.07, 6.45) is 0.168. The van der Waals surface area contributed by atoms with Gasteiger partial charge in [-0.3, -0.25) is 19.3 Å². The first-order valence-corrected chi connectivity index (χ1v) is 12.4. The Kier molecular flexibility index (Phi) is 6.96. The Balaban J connectivity index is 1.65. The van der Waals surface area contributed by atoms with E-state index >= 15 is 0 Å². The number of Topliss-reactive ketones (excluding diaryl/α,β-unsaturated/α-hetero) is 1. The van der Waals surface area contributed by atoms with Gasteiger partial charge in [0.15, 0.2) is 5.78 Å². The van der Waals surface area contributed by atoms with E-state index in [0.717, 1.165) is 11.3 Å². The summed E-state index contributed by atoms with van der Waals surface area (Å²) in [7, 11) is 1.60. The van der Waals surface area contributed by atoms with E-state index in [1.54, 1.807) is 31.4 Å².